The van der Waals surface area contributed by atoms with Gasteiger partial charge in [0.1, 0.15) is 0 Å². The molecule has 0 aliphatic carbocycles. The van der Waals surface area contributed by atoms with Crippen LogP contribution in [-0.2, 0) is 9.47 Å². The number of methoxy groups -OCH3 is 2. The van der Waals surface area contributed by atoms with Crippen LogP contribution in [0.5, 0.6) is 11.5 Å². The second-order valence-corrected chi connectivity index (χ2v) is 3.66. The van der Waals surface area contributed by atoms with E-state index in [1.54, 1.807) is 20.3 Å². The van der Waals surface area contributed by atoms with Crippen molar-refractivity contribution in [2.75, 3.05) is 27.4 Å². The van der Waals surface area contributed by atoms with Gasteiger partial charge in [0, 0.05) is 5.56 Å². The molecule has 5 heteroatoms. The van der Waals surface area contributed by atoms with Crippen molar-refractivity contribution in [3.8, 4) is 11.5 Å². The van der Waals surface area contributed by atoms with E-state index >= 15 is 0 Å². The van der Waals surface area contributed by atoms with Gasteiger partial charge in [0.15, 0.2) is 17.8 Å². The first-order valence-corrected chi connectivity index (χ1v) is 5.29. The molecule has 0 spiro atoms. The summed E-state index contributed by atoms with van der Waals surface area (Å²) in [5, 5.41) is 0.466. The minimum atomic E-state index is -0.410. The molecule has 4 nitrogen and oxygen atoms in total. The van der Waals surface area contributed by atoms with E-state index in [4.69, 9.17) is 30.5 Å². The predicted molar refractivity (Wildman–Crippen MR) is 59.2 cm³/mol. The second-order valence-electron chi connectivity index (χ2n) is 3.28. The molecule has 1 aliphatic heterocycles. The lowest BCUT2D eigenvalue weighted by molar-refractivity contribution is -0.0441. The average Bonchev–Trinajstić information content (AvgIpc) is 2.81. The maximum Gasteiger partial charge on any atom is 0.185 e. The van der Waals surface area contributed by atoms with Crippen LogP contribution >= 0.6 is 11.6 Å². The monoisotopic (exact) mass is 244 g/mol. The van der Waals surface area contributed by atoms with Crippen molar-refractivity contribution in [1.29, 1.82) is 0 Å². The Kier molecular flexibility index (Phi) is 3.53. The Hall–Kier alpha value is -0.970. The van der Waals surface area contributed by atoms with Gasteiger partial charge < -0.3 is 18.9 Å². The van der Waals surface area contributed by atoms with Gasteiger partial charge in [0.05, 0.1) is 32.5 Å². The smallest absolute Gasteiger partial charge is 0.185 e. The van der Waals surface area contributed by atoms with Gasteiger partial charge in [-0.1, -0.05) is 11.6 Å². The lowest BCUT2D eigenvalue weighted by Gasteiger charge is -2.15. The normalized spacial score (nSPS) is 16.4. The SMILES string of the molecule is COc1ccc(C2OCCO2)c(Cl)c1OC. The molecule has 2 rings (SSSR count). The molecule has 1 fully saturated rings. The number of halogens is 1. The van der Waals surface area contributed by atoms with Crippen LogP contribution in [0.25, 0.3) is 0 Å². The molecule has 1 saturated heterocycles. The topological polar surface area (TPSA) is 36.9 Å². The molecule has 1 aromatic rings. The Labute approximate surface area is 99.0 Å². The minimum Gasteiger partial charge on any atom is -0.493 e. The Morgan fingerprint density at radius 2 is 1.88 bits per heavy atom. The van der Waals surface area contributed by atoms with Crippen LogP contribution in [0, 0.1) is 0 Å². The zero-order valence-electron chi connectivity index (χ0n) is 9.16. The number of rotatable bonds is 3. The first-order valence-electron chi connectivity index (χ1n) is 4.91. The van der Waals surface area contributed by atoms with Gasteiger partial charge in [-0.3, -0.25) is 0 Å². The molecular formula is C11H13ClO4. The maximum absolute atomic E-state index is 6.21. The predicted octanol–water partition coefficient (Wildman–Crippen LogP) is 2.40. The molecule has 0 amide bonds. The highest BCUT2D eigenvalue weighted by atomic mass is 35.5. The van der Waals surface area contributed by atoms with E-state index in [-0.39, 0.29) is 0 Å². The molecule has 0 saturated carbocycles. The Balaban J connectivity index is 2.39. The van der Waals surface area contributed by atoms with Gasteiger partial charge >= 0.3 is 0 Å². The van der Waals surface area contributed by atoms with Crippen LogP contribution in [0.15, 0.2) is 12.1 Å². The van der Waals surface area contributed by atoms with Gasteiger partial charge in [-0.2, -0.15) is 0 Å². The first kappa shape index (κ1) is 11.5. The molecule has 0 bridgehead atoms. The lowest BCUT2D eigenvalue weighted by Crippen LogP contribution is -2.01. The third-order valence-corrected chi connectivity index (χ3v) is 2.78. The van der Waals surface area contributed by atoms with Gasteiger partial charge in [-0.15, -0.1) is 0 Å². The fourth-order valence-corrected chi connectivity index (χ4v) is 1.95. The molecule has 1 heterocycles. The van der Waals surface area contributed by atoms with Crippen molar-refractivity contribution in [1.82, 2.24) is 0 Å². The van der Waals surface area contributed by atoms with Gasteiger partial charge in [0.2, 0.25) is 0 Å². The molecule has 88 valence electrons. The molecule has 0 N–H and O–H groups in total. The molecule has 0 aromatic heterocycles. The van der Waals surface area contributed by atoms with E-state index < -0.39 is 6.29 Å². The Morgan fingerprint density at radius 1 is 1.19 bits per heavy atom. The maximum atomic E-state index is 6.21. The van der Waals surface area contributed by atoms with Crippen molar-refractivity contribution in [2.24, 2.45) is 0 Å². The van der Waals surface area contributed by atoms with Crippen LogP contribution < -0.4 is 9.47 Å². The van der Waals surface area contributed by atoms with Crippen LogP contribution in [0.1, 0.15) is 11.9 Å². The lowest BCUT2D eigenvalue weighted by atomic mass is 10.2. The fourth-order valence-electron chi connectivity index (χ4n) is 1.62. The first-order chi connectivity index (χ1) is 7.77. The zero-order valence-corrected chi connectivity index (χ0v) is 9.91. The fraction of sp³-hybridized carbons (Fsp3) is 0.455. The molecule has 1 aromatic carbocycles. The highest BCUT2D eigenvalue weighted by molar-refractivity contribution is 6.33. The standard InChI is InChI=1S/C11H13ClO4/c1-13-8-4-3-7(9(12)10(8)14-2)11-15-5-6-16-11/h3-4,11H,5-6H2,1-2H3. The van der Waals surface area contributed by atoms with E-state index in [1.165, 1.54) is 0 Å². The minimum absolute atomic E-state index is 0.410. The summed E-state index contributed by atoms with van der Waals surface area (Å²) in [7, 11) is 3.11. The number of hydrogen-bond donors (Lipinski definition) is 0. The molecule has 16 heavy (non-hydrogen) atoms. The summed E-state index contributed by atoms with van der Waals surface area (Å²) in [6.07, 6.45) is -0.410. The molecule has 0 unspecified atom stereocenters. The number of ether oxygens (including phenoxy) is 4. The van der Waals surface area contributed by atoms with Gasteiger partial charge in [-0.05, 0) is 12.1 Å². The van der Waals surface area contributed by atoms with Crippen LogP contribution in [-0.4, -0.2) is 27.4 Å². The highest BCUT2D eigenvalue weighted by Crippen LogP contribution is 2.41. The van der Waals surface area contributed by atoms with E-state index in [9.17, 15) is 0 Å². The van der Waals surface area contributed by atoms with Crippen molar-refractivity contribution in [2.45, 2.75) is 6.29 Å². The Morgan fingerprint density at radius 3 is 2.44 bits per heavy atom. The third kappa shape index (κ3) is 1.96. The summed E-state index contributed by atoms with van der Waals surface area (Å²) >= 11 is 6.21. The zero-order chi connectivity index (χ0) is 11.5. The van der Waals surface area contributed by atoms with Crippen molar-refractivity contribution in [3.63, 3.8) is 0 Å². The van der Waals surface area contributed by atoms with Crippen LogP contribution in [0.4, 0.5) is 0 Å². The van der Waals surface area contributed by atoms with Crippen molar-refractivity contribution < 1.29 is 18.9 Å². The summed E-state index contributed by atoms with van der Waals surface area (Å²) in [4.78, 5) is 0. The Bertz CT molecular complexity index is 374. The average molecular weight is 245 g/mol. The van der Waals surface area contributed by atoms with Gasteiger partial charge in [0.25, 0.3) is 0 Å². The second kappa shape index (κ2) is 4.91. The highest BCUT2D eigenvalue weighted by Gasteiger charge is 2.24. The van der Waals surface area contributed by atoms with E-state index in [0.717, 1.165) is 5.56 Å². The number of hydrogen-bond acceptors (Lipinski definition) is 4. The van der Waals surface area contributed by atoms with E-state index in [0.29, 0.717) is 29.7 Å². The van der Waals surface area contributed by atoms with Crippen LogP contribution in [0.2, 0.25) is 5.02 Å². The number of benzene rings is 1. The van der Waals surface area contributed by atoms with Crippen LogP contribution in [0.3, 0.4) is 0 Å². The van der Waals surface area contributed by atoms with Crippen molar-refractivity contribution >= 4 is 11.6 Å². The van der Waals surface area contributed by atoms with Crippen molar-refractivity contribution in [3.05, 3.63) is 22.7 Å². The summed E-state index contributed by atoms with van der Waals surface area (Å²) in [6, 6.07) is 3.60. The van der Waals surface area contributed by atoms with E-state index in [1.807, 2.05) is 6.07 Å². The summed E-state index contributed by atoms with van der Waals surface area (Å²) in [6.45, 7) is 1.16. The quantitative estimate of drug-likeness (QED) is 0.818. The molecule has 1 aliphatic rings. The summed E-state index contributed by atoms with van der Waals surface area (Å²) < 4.78 is 21.1. The summed E-state index contributed by atoms with van der Waals surface area (Å²) in [5.74, 6) is 1.09. The van der Waals surface area contributed by atoms with Gasteiger partial charge in [-0.25, -0.2) is 0 Å². The molecule has 0 atom stereocenters. The largest absolute Gasteiger partial charge is 0.493 e. The molecule has 0 radical (unpaired) electrons. The molecular weight excluding hydrogens is 232 g/mol. The summed E-state index contributed by atoms with van der Waals surface area (Å²) in [5.41, 5.74) is 0.761. The van der Waals surface area contributed by atoms with E-state index in [2.05, 4.69) is 0 Å². The third-order valence-electron chi connectivity index (χ3n) is 2.39.